The molecule has 16 heavy (non-hydrogen) atoms. The van der Waals surface area contributed by atoms with E-state index in [2.05, 4.69) is 10.3 Å². The van der Waals surface area contributed by atoms with Gasteiger partial charge in [-0.1, -0.05) is 6.07 Å². The molecule has 82 valence electrons. The number of nitrogens with zero attached hydrogens (tertiary/aromatic N) is 1. The number of amides is 1. The van der Waals surface area contributed by atoms with Gasteiger partial charge in [0.25, 0.3) is 0 Å². The summed E-state index contributed by atoms with van der Waals surface area (Å²) >= 11 is 0. The molecule has 0 saturated carbocycles. The number of furan rings is 1. The minimum absolute atomic E-state index is 0.128. The highest BCUT2D eigenvalue weighted by atomic mass is 16.3. The van der Waals surface area contributed by atoms with Crippen LogP contribution in [0, 0.1) is 6.92 Å². The Bertz CT molecular complexity index is 478. The van der Waals surface area contributed by atoms with Crippen molar-refractivity contribution in [3.05, 3.63) is 48.0 Å². The largest absolute Gasteiger partial charge is 0.469 e. The second-order valence-corrected chi connectivity index (χ2v) is 3.47. The van der Waals surface area contributed by atoms with E-state index in [1.54, 1.807) is 24.6 Å². The van der Waals surface area contributed by atoms with Crippen molar-refractivity contribution in [3.8, 4) is 0 Å². The molecule has 2 aromatic heterocycles. The molecule has 0 spiro atoms. The van der Waals surface area contributed by atoms with Gasteiger partial charge in [0, 0.05) is 6.20 Å². The van der Waals surface area contributed by atoms with Gasteiger partial charge in [0.15, 0.2) is 0 Å². The predicted molar refractivity (Wildman–Crippen MR) is 60.0 cm³/mol. The summed E-state index contributed by atoms with van der Waals surface area (Å²) in [5.74, 6) is 1.11. The van der Waals surface area contributed by atoms with Crippen LogP contribution in [0.3, 0.4) is 0 Å². The SMILES string of the molecule is Cc1cccnc1NC(=O)Cc1ccco1. The van der Waals surface area contributed by atoms with Crippen LogP contribution < -0.4 is 5.32 Å². The summed E-state index contributed by atoms with van der Waals surface area (Å²) < 4.78 is 5.09. The third-order valence-corrected chi connectivity index (χ3v) is 2.18. The van der Waals surface area contributed by atoms with Gasteiger partial charge in [-0.25, -0.2) is 4.98 Å². The van der Waals surface area contributed by atoms with Gasteiger partial charge in [-0.05, 0) is 30.7 Å². The Morgan fingerprint density at radius 3 is 3.00 bits per heavy atom. The zero-order valence-corrected chi connectivity index (χ0v) is 8.93. The molecule has 0 radical (unpaired) electrons. The number of carbonyl (C=O) groups excluding carboxylic acids is 1. The van der Waals surface area contributed by atoms with Crippen molar-refractivity contribution in [1.82, 2.24) is 4.98 Å². The van der Waals surface area contributed by atoms with E-state index in [-0.39, 0.29) is 12.3 Å². The Hall–Kier alpha value is -2.10. The molecule has 0 aromatic carbocycles. The average Bonchev–Trinajstić information content (AvgIpc) is 2.74. The van der Waals surface area contributed by atoms with E-state index in [4.69, 9.17) is 4.42 Å². The fourth-order valence-corrected chi connectivity index (χ4v) is 1.36. The first-order valence-electron chi connectivity index (χ1n) is 4.99. The summed E-state index contributed by atoms with van der Waals surface area (Å²) in [6, 6.07) is 7.26. The molecule has 2 rings (SSSR count). The van der Waals surface area contributed by atoms with Crippen LogP contribution in [0.4, 0.5) is 5.82 Å². The Kier molecular flexibility index (Phi) is 3.00. The van der Waals surface area contributed by atoms with Gasteiger partial charge >= 0.3 is 0 Å². The molecule has 0 aliphatic rings. The molecular weight excluding hydrogens is 204 g/mol. The van der Waals surface area contributed by atoms with E-state index in [1.165, 1.54) is 0 Å². The second kappa shape index (κ2) is 4.61. The number of aromatic nitrogens is 1. The van der Waals surface area contributed by atoms with Gasteiger partial charge in [-0.15, -0.1) is 0 Å². The van der Waals surface area contributed by atoms with E-state index < -0.39 is 0 Å². The standard InChI is InChI=1S/C12H12N2O2/c1-9-4-2-6-13-12(9)14-11(15)8-10-5-3-7-16-10/h2-7H,8H2,1H3,(H,13,14,15). The van der Waals surface area contributed by atoms with Gasteiger partial charge in [0.05, 0.1) is 12.7 Å². The first-order chi connectivity index (χ1) is 7.75. The topological polar surface area (TPSA) is 55.1 Å². The van der Waals surface area contributed by atoms with E-state index in [9.17, 15) is 4.79 Å². The fourth-order valence-electron chi connectivity index (χ4n) is 1.36. The van der Waals surface area contributed by atoms with Crippen LogP contribution in [0.1, 0.15) is 11.3 Å². The van der Waals surface area contributed by atoms with Gasteiger partial charge in [0.2, 0.25) is 5.91 Å². The van der Waals surface area contributed by atoms with Crippen LogP contribution in [0.15, 0.2) is 41.1 Å². The van der Waals surface area contributed by atoms with Crippen LogP contribution in [-0.2, 0) is 11.2 Å². The zero-order chi connectivity index (χ0) is 11.4. The monoisotopic (exact) mass is 216 g/mol. The smallest absolute Gasteiger partial charge is 0.233 e. The Labute approximate surface area is 93.3 Å². The second-order valence-electron chi connectivity index (χ2n) is 3.47. The van der Waals surface area contributed by atoms with Crippen LogP contribution in [0.25, 0.3) is 0 Å². The van der Waals surface area contributed by atoms with E-state index >= 15 is 0 Å². The fraction of sp³-hybridized carbons (Fsp3) is 0.167. The maximum absolute atomic E-state index is 11.6. The summed E-state index contributed by atoms with van der Waals surface area (Å²) in [5.41, 5.74) is 0.940. The molecule has 4 heteroatoms. The normalized spacial score (nSPS) is 10.1. The molecule has 0 bridgehead atoms. The lowest BCUT2D eigenvalue weighted by atomic mass is 10.2. The number of pyridine rings is 1. The molecule has 0 fully saturated rings. The van der Waals surface area contributed by atoms with Gasteiger partial charge < -0.3 is 9.73 Å². The molecule has 0 aliphatic carbocycles. The van der Waals surface area contributed by atoms with Gasteiger partial charge in [-0.3, -0.25) is 4.79 Å². The quantitative estimate of drug-likeness (QED) is 0.855. The van der Waals surface area contributed by atoms with Crippen LogP contribution in [-0.4, -0.2) is 10.9 Å². The molecule has 1 N–H and O–H groups in total. The van der Waals surface area contributed by atoms with Crippen LogP contribution in [0.5, 0.6) is 0 Å². The third kappa shape index (κ3) is 2.48. The maximum atomic E-state index is 11.6. The Morgan fingerprint density at radius 1 is 1.44 bits per heavy atom. The molecule has 2 heterocycles. The number of anilines is 1. The zero-order valence-electron chi connectivity index (χ0n) is 8.93. The van der Waals surface area contributed by atoms with E-state index in [1.807, 2.05) is 19.1 Å². The van der Waals surface area contributed by atoms with E-state index in [0.717, 1.165) is 5.56 Å². The molecule has 0 aliphatic heterocycles. The Balaban J connectivity index is 2.00. The summed E-state index contributed by atoms with van der Waals surface area (Å²) in [7, 11) is 0. The number of carbonyl (C=O) groups is 1. The molecule has 1 amide bonds. The number of nitrogens with one attached hydrogen (secondary N) is 1. The lowest BCUT2D eigenvalue weighted by Crippen LogP contribution is -2.15. The first kappa shape index (κ1) is 10.4. The molecule has 2 aromatic rings. The van der Waals surface area contributed by atoms with Crippen molar-refractivity contribution < 1.29 is 9.21 Å². The lowest BCUT2D eigenvalue weighted by Gasteiger charge is -2.05. The number of hydrogen-bond acceptors (Lipinski definition) is 3. The lowest BCUT2D eigenvalue weighted by molar-refractivity contribution is -0.115. The Morgan fingerprint density at radius 2 is 2.31 bits per heavy atom. The molecule has 0 saturated heterocycles. The van der Waals surface area contributed by atoms with Crippen molar-refractivity contribution in [2.75, 3.05) is 5.32 Å². The predicted octanol–water partition coefficient (Wildman–Crippen LogP) is 2.16. The van der Waals surface area contributed by atoms with Gasteiger partial charge in [-0.2, -0.15) is 0 Å². The van der Waals surface area contributed by atoms with E-state index in [0.29, 0.717) is 11.6 Å². The summed E-state index contributed by atoms with van der Waals surface area (Å²) in [6.07, 6.45) is 3.42. The van der Waals surface area contributed by atoms with Crippen molar-refractivity contribution in [2.45, 2.75) is 13.3 Å². The third-order valence-electron chi connectivity index (χ3n) is 2.18. The summed E-state index contributed by atoms with van der Waals surface area (Å²) in [4.78, 5) is 15.7. The van der Waals surface area contributed by atoms with Crippen molar-refractivity contribution in [3.63, 3.8) is 0 Å². The van der Waals surface area contributed by atoms with Crippen molar-refractivity contribution in [2.24, 2.45) is 0 Å². The summed E-state index contributed by atoms with van der Waals surface area (Å²) in [5, 5.41) is 2.74. The van der Waals surface area contributed by atoms with Gasteiger partial charge in [0.1, 0.15) is 11.6 Å². The minimum atomic E-state index is -0.128. The van der Waals surface area contributed by atoms with Crippen LogP contribution in [0.2, 0.25) is 0 Å². The average molecular weight is 216 g/mol. The summed E-state index contributed by atoms with van der Waals surface area (Å²) in [6.45, 7) is 1.90. The highest BCUT2D eigenvalue weighted by molar-refractivity contribution is 5.91. The highest BCUT2D eigenvalue weighted by Crippen LogP contribution is 2.10. The number of rotatable bonds is 3. The maximum Gasteiger partial charge on any atom is 0.233 e. The molecule has 0 unspecified atom stereocenters. The molecule has 0 atom stereocenters. The first-order valence-corrected chi connectivity index (χ1v) is 4.99. The van der Waals surface area contributed by atoms with Crippen LogP contribution >= 0.6 is 0 Å². The van der Waals surface area contributed by atoms with Crippen molar-refractivity contribution >= 4 is 11.7 Å². The van der Waals surface area contributed by atoms with Crippen molar-refractivity contribution in [1.29, 1.82) is 0 Å². The number of aryl methyl sites for hydroxylation is 1. The number of hydrogen-bond donors (Lipinski definition) is 1. The molecular formula is C12H12N2O2. The highest BCUT2D eigenvalue weighted by Gasteiger charge is 2.07. The minimum Gasteiger partial charge on any atom is -0.469 e. The molecule has 4 nitrogen and oxygen atoms in total.